The highest BCUT2D eigenvalue weighted by Crippen LogP contribution is 2.38. The molecule has 0 radical (unpaired) electrons. The van der Waals surface area contributed by atoms with Gasteiger partial charge in [0.15, 0.2) is 5.78 Å². The summed E-state index contributed by atoms with van der Waals surface area (Å²) in [5.74, 6) is 2.56. The lowest BCUT2D eigenvalue weighted by Gasteiger charge is -2.33. The number of rotatable bonds is 8. The van der Waals surface area contributed by atoms with E-state index in [1.54, 1.807) is 6.08 Å². The topological polar surface area (TPSA) is 17.1 Å². The standard InChI is InChI=1S/C24H41IO/c25-18-17-24(26)23-19-22(20-23)16-12-8-11-15-21-13-9-6-4-2-1-3-5-7-10-14-21/h17-18,21-23H,1-16,19-20H2/b18-17+. The second-order valence-electron chi connectivity index (χ2n) is 8.99. The normalized spacial score (nSPS) is 26.8. The van der Waals surface area contributed by atoms with Crippen molar-refractivity contribution in [3.05, 3.63) is 10.2 Å². The van der Waals surface area contributed by atoms with E-state index >= 15 is 0 Å². The quantitative estimate of drug-likeness (QED) is 0.197. The fourth-order valence-corrected chi connectivity index (χ4v) is 5.34. The second-order valence-corrected chi connectivity index (χ2v) is 9.71. The van der Waals surface area contributed by atoms with E-state index in [4.69, 9.17) is 0 Å². The van der Waals surface area contributed by atoms with Gasteiger partial charge in [0.2, 0.25) is 0 Å². The van der Waals surface area contributed by atoms with Gasteiger partial charge in [0.25, 0.3) is 0 Å². The molecule has 2 fully saturated rings. The number of hydrogen-bond acceptors (Lipinski definition) is 1. The molecule has 0 aromatic heterocycles. The van der Waals surface area contributed by atoms with Crippen LogP contribution in [0.5, 0.6) is 0 Å². The fourth-order valence-electron chi connectivity index (χ4n) is 4.98. The van der Waals surface area contributed by atoms with Crippen LogP contribution in [0.4, 0.5) is 0 Å². The summed E-state index contributed by atoms with van der Waals surface area (Å²) < 4.78 is 1.86. The molecule has 0 aliphatic heterocycles. The molecule has 1 nitrogen and oxygen atoms in total. The van der Waals surface area contributed by atoms with Crippen LogP contribution in [0.25, 0.3) is 0 Å². The van der Waals surface area contributed by atoms with Gasteiger partial charge in [-0.15, -0.1) is 0 Å². The molecule has 0 heterocycles. The van der Waals surface area contributed by atoms with Crippen molar-refractivity contribution in [1.29, 1.82) is 0 Å². The summed E-state index contributed by atoms with van der Waals surface area (Å²) in [6, 6.07) is 0. The Hall–Kier alpha value is 0.140. The first-order valence-corrected chi connectivity index (χ1v) is 12.8. The first-order valence-electron chi connectivity index (χ1n) is 11.6. The summed E-state index contributed by atoms with van der Waals surface area (Å²) in [6.07, 6.45) is 27.5. The minimum atomic E-state index is 0.349. The van der Waals surface area contributed by atoms with Gasteiger partial charge < -0.3 is 0 Å². The van der Waals surface area contributed by atoms with Crippen molar-refractivity contribution >= 4 is 28.4 Å². The summed E-state index contributed by atoms with van der Waals surface area (Å²) in [4.78, 5) is 11.8. The van der Waals surface area contributed by atoms with Gasteiger partial charge in [-0.05, 0) is 34.8 Å². The molecule has 0 amide bonds. The van der Waals surface area contributed by atoms with Crippen LogP contribution in [0.15, 0.2) is 10.2 Å². The van der Waals surface area contributed by atoms with Crippen LogP contribution >= 0.6 is 22.6 Å². The van der Waals surface area contributed by atoms with Gasteiger partial charge in [-0.1, -0.05) is 125 Å². The first kappa shape index (κ1) is 22.4. The van der Waals surface area contributed by atoms with Gasteiger partial charge in [0, 0.05) is 5.92 Å². The van der Waals surface area contributed by atoms with E-state index in [9.17, 15) is 4.79 Å². The summed E-state index contributed by atoms with van der Waals surface area (Å²) >= 11 is 2.14. The molecule has 150 valence electrons. The fraction of sp³-hybridized carbons (Fsp3) is 0.875. The highest BCUT2D eigenvalue weighted by atomic mass is 127. The zero-order valence-corrected chi connectivity index (χ0v) is 19.1. The van der Waals surface area contributed by atoms with Gasteiger partial charge in [0.1, 0.15) is 0 Å². The van der Waals surface area contributed by atoms with Crippen LogP contribution in [0, 0.1) is 17.8 Å². The number of allylic oxidation sites excluding steroid dienone is 1. The molecule has 0 N–H and O–H groups in total. The summed E-state index contributed by atoms with van der Waals surface area (Å²) in [7, 11) is 0. The highest BCUT2D eigenvalue weighted by molar-refractivity contribution is 14.1. The second kappa shape index (κ2) is 14.2. The third kappa shape index (κ3) is 9.37. The SMILES string of the molecule is O=C(/C=C/I)C1CC(CCCCCC2CCCCCCCCCCC2)C1. The number of unbranched alkanes of at least 4 members (excludes halogenated alkanes) is 2. The molecule has 0 unspecified atom stereocenters. The van der Waals surface area contributed by atoms with E-state index < -0.39 is 0 Å². The minimum absolute atomic E-state index is 0.349. The lowest BCUT2D eigenvalue weighted by molar-refractivity contribution is -0.122. The molecular formula is C24H41IO. The Labute approximate surface area is 176 Å². The molecule has 2 saturated carbocycles. The number of carbonyl (C=O) groups is 1. The number of ketones is 1. The van der Waals surface area contributed by atoms with E-state index in [0.29, 0.717) is 11.7 Å². The minimum Gasteiger partial charge on any atom is -0.295 e. The third-order valence-corrected chi connectivity index (χ3v) is 7.17. The Morgan fingerprint density at radius 1 is 0.731 bits per heavy atom. The summed E-state index contributed by atoms with van der Waals surface area (Å²) in [5, 5.41) is 0. The van der Waals surface area contributed by atoms with Crippen molar-refractivity contribution < 1.29 is 4.79 Å². The van der Waals surface area contributed by atoms with Crippen LogP contribution in [0.1, 0.15) is 116 Å². The zero-order chi connectivity index (χ0) is 18.5. The molecule has 0 aromatic rings. The van der Waals surface area contributed by atoms with Crippen molar-refractivity contribution in [2.24, 2.45) is 17.8 Å². The summed E-state index contributed by atoms with van der Waals surface area (Å²) in [6.45, 7) is 0. The van der Waals surface area contributed by atoms with Crippen molar-refractivity contribution in [3.8, 4) is 0 Å². The Bertz CT molecular complexity index is 385. The van der Waals surface area contributed by atoms with Crippen molar-refractivity contribution in [3.63, 3.8) is 0 Å². The molecule has 0 spiro atoms. The Kier molecular flexibility index (Phi) is 12.2. The molecule has 2 rings (SSSR count). The van der Waals surface area contributed by atoms with Gasteiger partial charge in [-0.2, -0.15) is 0 Å². The molecule has 2 aliphatic rings. The van der Waals surface area contributed by atoms with Gasteiger partial charge in [0.05, 0.1) is 0 Å². The number of carbonyl (C=O) groups excluding carboxylic acids is 1. The van der Waals surface area contributed by atoms with Crippen LogP contribution in [-0.2, 0) is 4.79 Å². The van der Waals surface area contributed by atoms with E-state index in [2.05, 4.69) is 22.6 Å². The predicted molar refractivity (Wildman–Crippen MR) is 122 cm³/mol. The molecule has 2 aliphatic carbocycles. The molecule has 26 heavy (non-hydrogen) atoms. The highest BCUT2D eigenvalue weighted by Gasteiger charge is 2.32. The van der Waals surface area contributed by atoms with Crippen LogP contribution < -0.4 is 0 Å². The van der Waals surface area contributed by atoms with E-state index in [1.165, 1.54) is 103 Å². The maximum absolute atomic E-state index is 11.8. The maximum Gasteiger partial charge on any atom is 0.159 e. The predicted octanol–water partition coefficient (Wildman–Crippen LogP) is 8.40. The van der Waals surface area contributed by atoms with E-state index in [-0.39, 0.29) is 0 Å². The van der Waals surface area contributed by atoms with Gasteiger partial charge in [-0.25, -0.2) is 0 Å². The van der Waals surface area contributed by atoms with Gasteiger partial charge >= 0.3 is 0 Å². The van der Waals surface area contributed by atoms with Crippen LogP contribution in [-0.4, -0.2) is 5.78 Å². The van der Waals surface area contributed by atoms with E-state index in [1.807, 2.05) is 4.08 Å². The molecule has 2 heteroatoms. The van der Waals surface area contributed by atoms with Crippen molar-refractivity contribution in [1.82, 2.24) is 0 Å². The van der Waals surface area contributed by atoms with Crippen LogP contribution in [0.2, 0.25) is 0 Å². The van der Waals surface area contributed by atoms with Crippen LogP contribution in [0.3, 0.4) is 0 Å². The largest absolute Gasteiger partial charge is 0.295 e. The molecule has 0 bridgehead atoms. The third-order valence-electron chi connectivity index (χ3n) is 6.81. The number of hydrogen-bond donors (Lipinski definition) is 0. The Morgan fingerprint density at radius 3 is 1.77 bits per heavy atom. The molecular weight excluding hydrogens is 431 g/mol. The first-order chi connectivity index (χ1) is 12.8. The maximum atomic E-state index is 11.8. The summed E-state index contributed by atoms with van der Waals surface area (Å²) in [5.41, 5.74) is 0. The molecule has 0 atom stereocenters. The molecule has 0 saturated heterocycles. The average molecular weight is 472 g/mol. The van der Waals surface area contributed by atoms with Gasteiger partial charge in [-0.3, -0.25) is 4.79 Å². The monoisotopic (exact) mass is 472 g/mol. The Morgan fingerprint density at radius 2 is 1.23 bits per heavy atom. The lowest BCUT2D eigenvalue weighted by atomic mass is 9.70. The Balaban J connectivity index is 1.50. The smallest absolute Gasteiger partial charge is 0.159 e. The van der Waals surface area contributed by atoms with E-state index in [0.717, 1.165) is 24.7 Å². The average Bonchev–Trinajstić information content (AvgIpc) is 2.58. The number of halogens is 1. The molecule has 0 aromatic carbocycles. The van der Waals surface area contributed by atoms with Crippen molar-refractivity contribution in [2.45, 2.75) is 116 Å². The van der Waals surface area contributed by atoms with Crippen molar-refractivity contribution in [2.75, 3.05) is 0 Å². The lowest BCUT2D eigenvalue weighted by Crippen LogP contribution is -2.29. The zero-order valence-electron chi connectivity index (χ0n) is 16.9.